The Bertz CT molecular complexity index is 350. The van der Waals surface area contributed by atoms with E-state index in [4.69, 9.17) is 11.6 Å². The molecule has 0 saturated carbocycles. The molecule has 13 heavy (non-hydrogen) atoms. The summed E-state index contributed by atoms with van der Waals surface area (Å²) in [6.07, 6.45) is 3.82. The van der Waals surface area contributed by atoms with Gasteiger partial charge < -0.3 is 0 Å². The molecule has 0 aliphatic carbocycles. The van der Waals surface area contributed by atoms with Crippen LogP contribution in [0.1, 0.15) is 4.88 Å². The van der Waals surface area contributed by atoms with Gasteiger partial charge in [0, 0.05) is 11.0 Å². The van der Waals surface area contributed by atoms with Gasteiger partial charge in [0.15, 0.2) is 6.21 Å². The van der Waals surface area contributed by atoms with E-state index in [2.05, 4.69) is 15.9 Å². The molecule has 0 fully saturated rings. The Morgan fingerprint density at radius 1 is 1.54 bits per heavy atom. The molecule has 0 N–H and O–H groups in total. The van der Waals surface area contributed by atoms with Crippen molar-refractivity contribution in [1.29, 1.82) is 0 Å². The van der Waals surface area contributed by atoms with Crippen LogP contribution in [-0.2, 0) is 0 Å². The van der Waals surface area contributed by atoms with Crippen molar-refractivity contribution in [3.8, 4) is 0 Å². The molecule has 0 atom stereocenters. The van der Waals surface area contributed by atoms with Gasteiger partial charge in [0.2, 0.25) is 0 Å². The molecule has 1 nitrogen and oxygen atoms in total. The summed E-state index contributed by atoms with van der Waals surface area (Å²) in [6.45, 7) is 0. The zero-order valence-electron chi connectivity index (χ0n) is 7.42. The highest BCUT2D eigenvalue weighted by Crippen LogP contribution is 2.29. The molecule has 4 heteroatoms. The zero-order chi connectivity index (χ0) is 9.84. The second-order valence-corrected chi connectivity index (χ2v) is 5.60. The highest BCUT2D eigenvalue weighted by atomic mass is 79.9. The third kappa shape index (κ3) is 3.63. The number of hydrogen-bond donors (Lipinski definition) is 0. The Morgan fingerprint density at radius 3 is 2.69 bits per heavy atom. The van der Waals surface area contributed by atoms with Crippen LogP contribution in [0.4, 0.5) is 0 Å². The van der Waals surface area contributed by atoms with Gasteiger partial charge in [-0.3, -0.25) is 0 Å². The van der Waals surface area contributed by atoms with E-state index in [1.54, 1.807) is 11.3 Å². The summed E-state index contributed by atoms with van der Waals surface area (Å²) in [7, 11) is 3.93. The molecule has 0 saturated heterocycles. The van der Waals surface area contributed by atoms with Crippen LogP contribution >= 0.6 is 38.9 Å². The largest absolute Gasteiger partial charge is 0.241 e. The summed E-state index contributed by atoms with van der Waals surface area (Å²) in [6, 6.07) is 3.99. The summed E-state index contributed by atoms with van der Waals surface area (Å²) in [5, 5.41) is 0.768. The minimum absolute atomic E-state index is 0.768. The van der Waals surface area contributed by atoms with E-state index in [-0.39, 0.29) is 0 Å². The topological polar surface area (TPSA) is 3.01 Å². The van der Waals surface area contributed by atoms with Crippen molar-refractivity contribution in [2.75, 3.05) is 14.1 Å². The van der Waals surface area contributed by atoms with Crippen molar-refractivity contribution in [1.82, 2.24) is 0 Å². The first kappa shape index (κ1) is 11.0. The Balaban J connectivity index is 2.85. The lowest BCUT2D eigenvalue weighted by Gasteiger charge is -1.89. The molecule has 1 heterocycles. The lowest BCUT2D eigenvalue weighted by molar-refractivity contribution is -0.458. The van der Waals surface area contributed by atoms with Crippen molar-refractivity contribution in [3.63, 3.8) is 0 Å². The van der Waals surface area contributed by atoms with Crippen LogP contribution in [0.2, 0.25) is 0 Å². The van der Waals surface area contributed by atoms with Crippen LogP contribution in [0.5, 0.6) is 0 Å². The fourth-order valence-electron chi connectivity index (χ4n) is 0.739. The molecule has 1 aromatic heterocycles. The lowest BCUT2D eigenvalue weighted by atomic mass is 10.4. The van der Waals surface area contributed by atoms with Crippen molar-refractivity contribution in [2.24, 2.45) is 0 Å². The molecule has 0 spiro atoms. The second kappa shape index (κ2) is 4.94. The quantitative estimate of drug-likeness (QED) is 0.576. The molecule has 0 bridgehead atoms. The number of hydrogen-bond acceptors (Lipinski definition) is 1. The highest BCUT2D eigenvalue weighted by molar-refractivity contribution is 9.11. The lowest BCUT2D eigenvalue weighted by Crippen LogP contribution is -1.95. The van der Waals surface area contributed by atoms with E-state index in [1.165, 1.54) is 0 Å². The summed E-state index contributed by atoms with van der Waals surface area (Å²) in [5.41, 5.74) is 0. The van der Waals surface area contributed by atoms with Gasteiger partial charge in [0.1, 0.15) is 14.1 Å². The van der Waals surface area contributed by atoms with Crippen LogP contribution in [-0.4, -0.2) is 24.9 Å². The van der Waals surface area contributed by atoms with Crippen LogP contribution in [0.25, 0.3) is 5.03 Å². The Kier molecular flexibility index (Phi) is 4.16. The summed E-state index contributed by atoms with van der Waals surface area (Å²) >= 11 is 11.1. The molecular weight excluding hydrogens is 270 g/mol. The Hall–Kier alpha value is -0.120. The van der Waals surface area contributed by atoms with E-state index in [1.807, 2.05) is 43.1 Å². The first-order valence-electron chi connectivity index (χ1n) is 3.72. The van der Waals surface area contributed by atoms with Gasteiger partial charge in [-0.25, -0.2) is 4.58 Å². The molecular formula is C9H10BrClNS+. The van der Waals surface area contributed by atoms with Gasteiger partial charge in [-0.05, 0) is 28.1 Å². The molecule has 70 valence electrons. The Labute approximate surface area is 95.5 Å². The average Bonchev–Trinajstić information content (AvgIpc) is 2.47. The standard InChI is InChI=1S/C9H10BrClNS/c1-12(2)6-5-7(11)8-3-4-9(10)13-8/h3-6H,1-2H3/q+1. The maximum Gasteiger partial charge on any atom is 0.164 e. The number of nitrogens with zero attached hydrogens (tertiary/aromatic N) is 1. The molecule has 1 aromatic rings. The molecule has 0 unspecified atom stereocenters. The van der Waals surface area contributed by atoms with Crippen LogP contribution in [0.15, 0.2) is 22.0 Å². The SMILES string of the molecule is C[N+](C)=CC=C(Cl)c1ccc(Br)s1. The van der Waals surface area contributed by atoms with Crippen molar-refractivity contribution < 1.29 is 4.58 Å². The maximum absolute atomic E-state index is 6.06. The van der Waals surface area contributed by atoms with E-state index < -0.39 is 0 Å². The first-order valence-corrected chi connectivity index (χ1v) is 5.71. The molecule has 1 rings (SSSR count). The normalized spacial score (nSPS) is 11.5. The van der Waals surface area contributed by atoms with Gasteiger partial charge in [-0.2, -0.15) is 0 Å². The molecule has 0 aliphatic heterocycles. The summed E-state index contributed by atoms with van der Waals surface area (Å²) in [4.78, 5) is 1.08. The molecule has 0 aromatic carbocycles. The van der Waals surface area contributed by atoms with E-state index in [0.717, 1.165) is 13.7 Å². The Morgan fingerprint density at radius 2 is 2.23 bits per heavy atom. The maximum atomic E-state index is 6.06. The summed E-state index contributed by atoms with van der Waals surface area (Å²) in [5.74, 6) is 0. The first-order chi connectivity index (χ1) is 6.09. The molecule has 0 aliphatic rings. The second-order valence-electron chi connectivity index (χ2n) is 2.73. The predicted octanol–water partition coefficient (Wildman–Crippen LogP) is 3.43. The van der Waals surface area contributed by atoms with Crippen LogP contribution < -0.4 is 0 Å². The average molecular weight is 280 g/mol. The number of allylic oxidation sites excluding steroid dienone is 1. The van der Waals surface area contributed by atoms with E-state index >= 15 is 0 Å². The van der Waals surface area contributed by atoms with Crippen molar-refractivity contribution in [3.05, 3.63) is 26.9 Å². The van der Waals surface area contributed by atoms with Gasteiger partial charge >= 0.3 is 0 Å². The van der Waals surface area contributed by atoms with Crippen LogP contribution in [0, 0.1) is 0 Å². The van der Waals surface area contributed by atoms with Crippen molar-refractivity contribution in [2.45, 2.75) is 0 Å². The highest BCUT2D eigenvalue weighted by Gasteiger charge is 2.00. The van der Waals surface area contributed by atoms with Gasteiger partial charge in [0.25, 0.3) is 0 Å². The minimum Gasteiger partial charge on any atom is -0.241 e. The third-order valence-electron chi connectivity index (χ3n) is 1.33. The minimum atomic E-state index is 0.768. The van der Waals surface area contributed by atoms with Gasteiger partial charge in [0.05, 0.1) is 8.82 Å². The number of thiophene rings is 1. The van der Waals surface area contributed by atoms with E-state index in [0.29, 0.717) is 0 Å². The van der Waals surface area contributed by atoms with E-state index in [9.17, 15) is 0 Å². The fraction of sp³-hybridized carbons (Fsp3) is 0.222. The van der Waals surface area contributed by atoms with Gasteiger partial charge in [-0.15, -0.1) is 11.3 Å². The monoisotopic (exact) mass is 278 g/mol. The molecule has 0 amide bonds. The smallest absolute Gasteiger partial charge is 0.164 e. The van der Waals surface area contributed by atoms with Crippen LogP contribution in [0.3, 0.4) is 0 Å². The third-order valence-corrected chi connectivity index (χ3v) is 3.43. The number of halogens is 2. The zero-order valence-corrected chi connectivity index (χ0v) is 10.6. The summed E-state index contributed by atoms with van der Waals surface area (Å²) < 4.78 is 3.05. The number of rotatable bonds is 2. The van der Waals surface area contributed by atoms with Crippen molar-refractivity contribution >= 4 is 50.1 Å². The predicted molar refractivity (Wildman–Crippen MR) is 64.0 cm³/mol. The van der Waals surface area contributed by atoms with Gasteiger partial charge in [-0.1, -0.05) is 11.6 Å². The fourth-order valence-corrected chi connectivity index (χ4v) is 2.28. The molecule has 0 radical (unpaired) electrons.